The third kappa shape index (κ3) is 30.9. The van der Waals surface area contributed by atoms with E-state index in [0.29, 0.717) is 0 Å². The van der Waals surface area contributed by atoms with Gasteiger partial charge in [0.05, 0.1) is 56.2 Å². The summed E-state index contributed by atoms with van der Waals surface area (Å²) in [6, 6.07) is 16.2. The summed E-state index contributed by atoms with van der Waals surface area (Å²) in [6.07, 6.45) is 9.04. The highest BCUT2D eigenvalue weighted by Gasteiger charge is 2.01. The quantitative estimate of drug-likeness (QED) is 0.0743. The Hall–Kier alpha value is -9.05. The molecular formula is C66H110N20OS. The number of rotatable bonds is 0. The second kappa shape index (κ2) is 42.7. The summed E-state index contributed by atoms with van der Waals surface area (Å²) in [5.74, 6) is 8.01. The maximum atomic E-state index is 4.97. The minimum atomic E-state index is 0. The van der Waals surface area contributed by atoms with Crippen LogP contribution in [-0.2, 0) is 0 Å². The number of H-pyrrole nitrogens is 7. The molecule has 0 fully saturated rings. The lowest BCUT2D eigenvalue weighted by molar-refractivity contribution is 0.494. The Balaban J connectivity index is -0.000000292. The molecule has 12 aromatic heterocycles. The number of benzene rings is 1. The lowest BCUT2D eigenvalue weighted by Gasteiger charge is -1.89. The average molecular weight is 1230 g/mol. The highest BCUT2D eigenvalue weighted by Crippen LogP contribution is 2.14. The number of pyridine rings is 3. The number of hydrogen-bond donors (Lipinski definition) is 7. The van der Waals surface area contributed by atoms with Gasteiger partial charge in [0.2, 0.25) is 0 Å². The summed E-state index contributed by atoms with van der Waals surface area (Å²) >= 11 is 1.73. The average Bonchev–Trinajstić information content (AvgIpc) is 4.47. The van der Waals surface area contributed by atoms with Crippen molar-refractivity contribution in [3.05, 3.63) is 181 Å². The Morgan fingerprint density at radius 3 is 1.39 bits per heavy atom. The molecule has 0 spiro atoms. The molecule has 0 bridgehead atoms. The van der Waals surface area contributed by atoms with Crippen LogP contribution in [0.2, 0.25) is 0 Å². The molecule has 0 radical (unpaired) electrons. The molecule has 13 rings (SSSR count). The van der Waals surface area contributed by atoms with E-state index in [2.05, 4.69) is 126 Å². The van der Waals surface area contributed by atoms with Gasteiger partial charge in [0.15, 0.2) is 17.2 Å². The van der Waals surface area contributed by atoms with Gasteiger partial charge in [-0.3, -0.25) is 15.2 Å². The Morgan fingerprint density at radius 2 is 0.943 bits per heavy atom. The van der Waals surface area contributed by atoms with E-state index in [1.807, 2.05) is 172 Å². The molecule has 13 aromatic rings. The summed E-state index contributed by atoms with van der Waals surface area (Å²) in [6.45, 7) is 35.2. The number of nitrogens with zero attached hydrogens (tertiary/aromatic N) is 13. The highest BCUT2D eigenvalue weighted by molar-refractivity contribution is 7.11. The van der Waals surface area contributed by atoms with Crippen molar-refractivity contribution in [1.82, 2.24) is 100 Å². The van der Waals surface area contributed by atoms with Crippen LogP contribution in [0.5, 0.6) is 0 Å². The zero-order valence-electron chi connectivity index (χ0n) is 48.6. The third-order valence-electron chi connectivity index (χ3n) is 10.4. The first-order valence-electron chi connectivity index (χ1n) is 25.4. The largest absolute Gasteiger partial charge is 0.446 e. The predicted octanol–water partition coefficient (Wildman–Crippen LogP) is 18.2. The monoisotopic (exact) mass is 1230 g/mol. The first kappa shape index (κ1) is 87.7. The Morgan fingerprint density at radius 1 is 0.352 bits per heavy atom. The van der Waals surface area contributed by atoms with Gasteiger partial charge in [-0.05, 0) is 171 Å². The lowest BCUT2D eigenvalue weighted by Crippen LogP contribution is -1.80. The zero-order chi connectivity index (χ0) is 57.8. The molecule has 7 N–H and O–H groups in total. The number of aromatic amines is 7. The zero-order valence-corrected chi connectivity index (χ0v) is 49.5. The van der Waals surface area contributed by atoms with Crippen molar-refractivity contribution in [2.45, 2.75) is 191 Å². The first-order valence-corrected chi connectivity index (χ1v) is 26.2. The van der Waals surface area contributed by atoms with Crippen LogP contribution in [0, 0.1) is 125 Å². The molecule has 0 saturated heterocycles. The number of hydrogen-bond acceptors (Lipinski definition) is 15. The van der Waals surface area contributed by atoms with E-state index in [1.54, 1.807) is 17.5 Å². The van der Waals surface area contributed by atoms with E-state index in [-0.39, 0.29) is 66.8 Å². The molecule has 0 saturated carbocycles. The van der Waals surface area contributed by atoms with E-state index in [1.165, 1.54) is 10.4 Å². The van der Waals surface area contributed by atoms with Crippen LogP contribution in [0.25, 0.3) is 44.4 Å². The number of thiazole rings is 1. The van der Waals surface area contributed by atoms with Crippen LogP contribution in [0.3, 0.4) is 0 Å². The Bertz CT molecular complexity index is 3280. The molecular weight excluding hydrogens is 1120 g/mol. The smallest absolute Gasteiger partial charge is 0.191 e. The van der Waals surface area contributed by atoms with Crippen molar-refractivity contribution in [3.63, 3.8) is 0 Å². The number of aryl methyl sites for hydroxylation is 18. The van der Waals surface area contributed by atoms with Crippen molar-refractivity contribution in [3.8, 4) is 0 Å². The number of oxazole rings is 1. The summed E-state index contributed by atoms with van der Waals surface area (Å²) in [5, 5.41) is 14.3. The molecule has 486 valence electrons. The summed E-state index contributed by atoms with van der Waals surface area (Å²) in [7, 11) is 0. The second-order valence-electron chi connectivity index (χ2n) is 18.7. The molecule has 0 atom stereocenters. The van der Waals surface area contributed by atoms with Crippen LogP contribution in [0.1, 0.15) is 169 Å². The van der Waals surface area contributed by atoms with Crippen LogP contribution in [0.4, 0.5) is 0 Å². The number of fused-ring (bicyclic) bond motifs is 4. The van der Waals surface area contributed by atoms with Gasteiger partial charge in [0.25, 0.3) is 0 Å². The van der Waals surface area contributed by atoms with Crippen LogP contribution < -0.4 is 0 Å². The maximum Gasteiger partial charge on any atom is 0.191 e. The van der Waals surface area contributed by atoms with Gasteiger partial charge in [-0.1, -0.05) is 72.9 Å². The number of imidazole rings is 5. The van der Waals surface area contributed by atoms with E-state index in [0.717, 1.165) is 136 Å². The number of aromatic nitrogens is 20. The van der Waals surface area contributed by atoms with Crippen molar-refractivity contribution in [2.75, 3.05) is 0 Å². The fourth-order valence-corrected chi connectivity index (χ4v) is 7.79. The molecule has 88 heavy (non-hydrogen) atoms. The van der Waals surface area contributed by atoms with Gasteiger partial charge in [-0.2, -0.15) is 10.2 Å². The summed E-state index contributed by atoms with van der Waals surface area (Å²) in [5.41, 5.74) is 15.5. The predicted molar refractivity (Wildman–Crippen MR) is 376 cm³/mol. The SMILES string of the molecule is C.C.C.C.C.C.C.C.C.Cc1cc(C)[nH]n1.Cc1cc2nc(C)[nH]c2cn1.Cc1ccc2[nH]c(C)nc2n1.Cc1ccc2nc(C)[nH]c2c1.Cc1cnc(C)[nH]1.Cc1cnc(C)o1.Cc1cnc(C)s1.Cc1cnc2nc(C)[nH]c2c1.Cc1n[nH]c(C)n1. The van der Waals surface area contributed by atoms with Gasteiger partial charge in [0.1, 0.15) is 46.5 Å². The Kier molecular flexibility index (Phi) is 42.6. The molecule has 0 unspecified atom stereocenters. The molecule has 0 amide bonds. The minimum Gasteiger partial charge on any atom is -0.446 e. The fourth-order valence-electron chi connectivity index (χ4n) is 7.11. The van der Waals surface area contributed by atoms with Crippen molar-refractivity contribution >= 4 is 55.7 Å². The third-order valence-corrected chi connectivity index (χ3v) is 11.2. The standard InChI is InChI=1S/C9H10N2.3C8H9N3.2C5H8N2.C5H7NO.C5H7NS.C4H7N3.9CH4/c1-6-3-4-8-9(5-6)11-7(2)10-8;1-5-3-7-8(4-9-5)11-6(2)10-7;1-5-3-7-8(9-4-5)11-6(2)10-7;1-5-3-4-7-8(9-5)11-6(2)10-7;1-4-3-6-5(2)7-4;1-4-3-5(2)7-6-4;2*1-4-3-6-5(2)7-4;1-3-5-4(2)7-6-3;;;;;;;;;/h3-5H,1-2H3,(H,10,11);3-4H,1-2H3,(H,10,11);2*3-4H,1-2H3,(H,9,10,11);2*3H,1-2H3,(H,6,7);2*3H,1-2H3;1-2H3,(H,5,6,7);9*1H4. The molecule has 12 heterocycles. The summed E-state index contributed by atoms with van der Waals surface area (Å²) < 4.78 is 4.97. The minimum absolute atomic E-state index is 0. The van der Waals surface area contributed by atoms with Crippen molar-refractivity contribution in [1.29, 1.82) is 0 Å². The molecule has 0 aliphatic rings. The van der Waals surface area contributed by atoms with E-state index in [9.17, 15) is 0 Å². The summed E-state index contributed by atoms with van der Waals surface area (Å²) in [4.78, 5) is 62.2. The fraction of sp³-hybridized carbons (Fsp3) is 0.409. The van der Waals surface area contributed by atoms with E-state index < -0.39 is 0 Å². The first-order chi connectivity index (χ1) is 37.5. The Labute approximate surface area is 530 Å². The van der Waals surface area contributed by atoms with Gasteiger partial charge in [-0.15, -0.1) is 11.3 Å². The van der Waals surface area contributed by atoms with Crippen LogP contribution in [0.15, 0.2) is 83.9 Å². The highest BCUT2D eigenvalue weighted by atomic mass is 32.1. The van der Waals surface area contributed by atoms with Crippen LogP contribution in [-0.4, -0.2) is 100 Å². The molecule has 21 nitrogen and oxygen atoms in total. The molecule has 0 aliphatic carbocycles. The molecule has 0 aliphatic heterocycles. The molecule has 22 heteroatoms. The van der Waals surface area contributed by atoms with Gasteiger partial charge in [0, 0.05) is 53.2 Å². The van der Waals surface area contributed by atoms with Gasteiger partial charge in [-0.25, -0.2) is 49.8 Å². The molecule has 1 aromatic carbocycles. The number of nitrogens with one attached hydrogen (secondary N) is 7. The van der Waals surface area contributed by atoms with Crippen molar-refractivity contribution in [2.24, 2.45) is 0 Å². The van der Waals surface area contributed by atoms with Crippen molar-refractivity contribution < 1.29 is 4.42 Å². The normalized spacial score (nSPS) is 9.11. The van der Waals surface area contributed by atoms with E-state index in [4.69, 9.17) is 4.42 Å². The van der Waals surface area contributed by atoms with Gasteiger partial charge >= 0.3 is 0 Å². The van der Waals surface area contributed by atoms with Gasteiger partial charge < -0.3 is 29.3 Å². The second-order valence-corrected chi connectivity index (χ2v) is 20.1. The lowest BCUT2D eigenvalue weighted by atomic mass is 10.2. The van der Waals surface area contributed by atoms with Crippen LogP contribution >= 0.6 is 11.3 Å². The topological polar surface area (TPSA) is 291 Å². The van der Waals surface area contributed by atoms with E-state index >= 15 is 0 Å². The maximum absolute atomic E-state index is 4.97.